The Labute approximate surface area is 114 Å². The Morgan fingerprint density at radius 2 is 1.84 bits per heavy atom. The van der Waals surface area contributed by atoms with Crippen molar-refractivity contribution in [2.75, 3.05) is 19.7 Å². The molecule has 1 aliphatic carbocycles. The standard InChI is InChI=1S/C14H26F3NO/c1-2-10-18-12-13(7-4-3-5-8-13)19-11-6-9-14(15,16)17/h18H,2-12H2,1H3. The van der Waals surface area contributed by atoms with Crippen molar-refractivity contribution in [1.29, 1.82) is 0 Å². The zero-order valence-corrected chi connectivity index (χ0v) is 11.8. The summed E-state index contributed by atoms with van der Waals surface area (Å²) in [7, 11) is 0. The molecule has 0 spiro atoms. The van der Waals surface area contributed by atoms with E-state index in [0.717, 1.165) is 45.2 Å². The molecule has 19 heavy (non-hydrogen) atoms. The minimum Gasteiger partial charge on any atom is -0.374 e. The van der Waals surface area contributed by atoms with Gasteiger partial charge in [0, 0.05) is 19.6 Å². The number of ether oxygens (including phenoxy) is 1. The molecule has 0 aromatic heterocycles. The van der Waals surface area contributed by atoms with Gasteiger partial charge in [0.25, 0.3) is 0 Å². The van der Waals surface area contributed by atoms with Gasteiger partial charge in [-0.05, 0) is 32.2 Å². The van der Waals surface area contributed by atoms with Gasteiger partial charge < -0.3 is 10.1 Å². The molecule has 0 aromatic rings. The fourth-order valence-electron chi connectivity index (χ4n) is 2.62. The maximum Gasteiger partial charge on any atom is 0.389 e. The van der Waals surface area contributed by atoms with Gasteiger partial charge >= 0.3 is 6.18 Å². The van der Waals surface area contributed by atoms with Gasteiger partial charge in [-0.15, -0.1) is 0 Å². The number of hydrogen-bond acceptors (Lipinski definition) is 2. The molecule has 0 bridgehead atoms. The van der Waals surface area contributed by atoms with Gasteiger partial charge in [0.05, 0.1) is 5.60 Å². The fourth-order valence-corrected chi connectivity index (χ4v) is 2.62. The SMILES string of the molecule is CCCNCC1(OCCCC(F)(F)F)CCCCC1. The highest BCUT2D eigenvalue weighted by molar-refractivity contribution is 4.86. The third-order valence-corrected chi connectivity index (χ3v) is 3.65. The lowest BCUT2D eigenvalue weighted by Crippen LogP contribution is -2.45. The van der Waals surface area contributed by atoms with Gasteiger partial charge in [0.2, 0.25) is 0 Å². The van der Waals surface area contributed by atoms with Crippen molar-refractivity contribution in [3.63, 3.8) is 0 Å². The molecule has 0 heterocycles. The third-order valence-electron chi connectivity index (χ3n) is 3.65. The van der Waals surface area contributed by atoms with Crippen LogP contribution in [0.15, 0.2) is 0 Å². The van der Waals surface area contributed by atoms with Crippen molar-refractivity contribution in [1.82, 2.24) is 5.32 Å². The molecule has 0 unspecified atom stereocenters. The highest BCUT2D eigenvalue weighted by Gasteiger charge is 2.33. The highest BCUT2D eigenvalue weighted by Crippen LogP contribution is 2.32. The Morgan fingerprint density at radius 1 is 1.16 bits per heavy atom. The largest absolute Gasteiger partial charge is 0.389 e. The summed E-state index contributed by atoms with van der Waals surface area (Å²) in [6.07, 6.45) is 1.70. The number of alkyl halides is 3. The zero-order chi connectivity index (χ0) is 14.2. The first kappa shape index (κ1) is 16.8. The molecule has 0 radical (unpaired) electrons. The summed E-state index contributed by atoms with van der Waals surface area (Å²) in [5, 5.41) is 3.36. The van der Waals surface area contributed by atoms with Crippen LogP contribution in [0.1, 0.15) is 58.3 Å². The minimum atomic E-state index is -4.07. The van der Waals surface area contributed by atoms with E-state index in [2.05, 4.69) is 12.2 Å². The van der Waals surface area contributed by atoms with Crippen LogP contribution in [0.25, 0.3) is 0 Å². The topological polar surface area (TPSA) is 21.3 Å². The second-order valence-electron chi connectivity index (χ2n) is 5.49. The second kappa shape index (κ2) is 8.10. The van der Waals surface area contributed by atoms with E-state index in [1.54, 1.807) is 0 Å². The Kier molecular flexibility index (Phi) is 7.15. The second-order valence-corrected chi connectivity index (χ2v) is 5.49. The molecule has 0 amide bonds. The molecule has 2 nitrogen and oxygen atoms in total. The van der Waals surface area contributed by atoms with Crippen LogP contribution in [0.3, 0.4) is 0 Å². The summed E-state index contributed by atoms with van der Waals surface area (Å²) >= 11 is 0. The van der Waals surface area contributed by atoms with E-state index in [1.165, 1.54) is 6.42 Å². The van der Waals surface area contributed by atoms with E-state index < -0.39 is 12.6 Å². The van der Waals surface area contributed by atoms with Gasteiger partial charge in [-0.2, -0.15) is 13.2 Å². The molecule has 0 saturated heterocycles. The first-order valence-corrected chi connectivity index (χ1v) is 7.39. The summed E-state index contributed by atoms with van der Waals surface area (Å²) in [6.45, 7) is 4.03. The molecule has 0 atom stereocenters. The molecule has 114 valence electrons. The molecule has 1 N–H and O–H groups in total. The van der Waals surface area contributed by atoms with Crippen molar-refractivity contribution >= 4 is 0 Å². The van der Waals surface area contributed by atoms with Crippen LogP contribution in [-0.4, -0.2) is 31.5 Å². The molecule has 1 fully saturated rings. The minimum absolute atomic E-state index is 0.0685. The number of nitrogens with one attached hydrogen (secondary N) is 1. The van der Waals surface area contributed by atoms with E-state index >= 15 is 0 Å². The molecule has 1 rings (SSSR count). The highest BCUT2D eigenvalue weighted by atomic mass is 19.4. The Morgan fingerprint density at radius 3 is 2.42 bits per heavy atom. The average molecular weight is 281 g/mol. The Bertz CT molecular complexity index is 237. The first-order chi connectivity index (χ1) is 8.97. The average Bonchev–Trinajstić information content (AvgIpc) is 2.35. The van der Waals surface area contributed by atoms with Crippen LogP contribution >= 0.6 is 0 Å². The molecule has 5 heteroatoms. The third kappa shape index (κ3) is 7.16. The summed E-state index contributed by atoms with van der Waals surface area (Å²) in [6, 6.07) is 0. The van der Waals surface area contributed by atoms with E-state index in [-0.39, 0.29) is 18.6 Å². The quantitative estimate of drug-likeness (QED) is 0.678. The molecule has 0 aliphatic heterocycles. The van der Waals surface area contributed by atoms with Gasteiger partial charge in [0.1, 0.15) is 0 Å². The zero-order valence-electron chi connectivity index (χ0n) is 11.8. The van der Waals surface area contributed by atoms with Crippen molar-refractivity contribution in [2.24, 2.45) is 0 Å². The molecule has 1 aliphatic rings. The van der Waals surface area contributed by atoms with Crippen molar-refractivity contribution in [2.45, 2.75) is 70.1 Å². The van der Waals surface area contributed by atoms with Gasteiger partial charge in [-0.3, -0.25) is 0 Å². The lowest BCUT2D eigenvalue weighted by atomic mass is 9.84. The van der Waals surface area contributed by atoms with E-state index in [9.17, 15) is 13.2 Å². The predicted octanol–water partition coefficient (Wildman–Crippen LogP) is 4.05. The van der Waals surface area contributed by atoms with E-state index in [4.69, 9.17) is 4.74 Å². The van der Waals surface area contributed by atoms with Crippen LogP contribution in [0.2, 0.25) is 0 Å². The van der Waals surface area contributed by atoms with Crippen LogP contribution in [-0.2, 0) is 4.74 Å². The summed E-state index contributed by atoms with van der Waals surface area (Å²) in [5.41, 5.74) is -0.223. The lowest BCUT2D eigenvalue weighted by Gasteiger charge is -2.37. The Balaban J connectivity index is 2.32. The molecular weight excluding hydrogens is 255 g/mol. The molecular formula is C14H26F3NO. The van der Waals surface area contributed by atoms with Gasteiger partial charge in [0.15, 0.2) is 0 Å². The van der Waals surface area contributed by atoms with Crippen molar-refractivity contribution in [3.8, 4) is 0 Å². The number of rotatable bonds is 8. The van der Waals surface area contributed by atoms with Crippen LogP contribution < -0.4 is 5.32 Å². The van der Waals surface area contributed by atoms with Crippen molar-refractivity contribution < 1.29 is 17.9 Å². The van der Waals surface area contributed by atoms with Gasteiger partial charge in [-0.1, -0.05) is 26.2 Å². The number of halogens is 3. The fraction of sp³-hybridized carbons (Fsp3) is 1.00. The smallest absolute Gasteiger partial charge is 0.374 e. The summed E-state index contributed by atoms with van der Waals surface area (Å²) in [5.74, 6) is 0. The predicted molar refractivity (Wildman–Crippen MR) is 70.2 cm³/mol. The molecule has 1 saturated carbocycles. The molecule has 0 aromatic carbocycles. The maximum atomic E-state index is 12.1. The van der Waals surface area contributed by atoms with Crippen molar-refractivity contribution in [3.05, 3.63) is 0 Å². The number of hydrogen-bond donors (Lipinski definition) is 1. The summed E-state index contributed by atoms with van der Waals surface area (Å²) < 4.78 is 42.1. The Hall–Kier alpha value is -0.290. The monoisotopic (exact) mass is 281 g/mol. The van der Waals surface area contributed by atoms with E-state index in [0.29, 0.717) is 0 Å². The van der Waals surface area contributed by atoms with E-state index in [1.807, 2.05) is 0 Å². The van der Waals surface area contributed by atoms with Crippen LogP contribution in [0.4, 0.5) is 13.2 Å². The normalized spacial score (nSPS) is 19.6. The van der Waals surface area contributed by atoms with Crippen LogP contribution in [0, 0.1) is 0 Å². The lowest BCUT2D eigenvalue weighted by molar-refractivity contribution is -0.143. The first-order valence-electron chi connectivity index (χ1n) is 7.39. The van der Waals surface area contributed by atoms with Crippen LogP contribution in [0.5, 0.6) is 0 Å². The van der Waals surface area contributed by atoms with Gasteiger partial charge in [-0.25, -0.2) is 0 Å². The maximum absolute atomic E-state index is 12.1. The summed E-state index contributed by atoms with van der Waals surface area (Å²) in [4.78, 5) is 0.